The van der Waals surface area contributed by atoms with Crippen molar-refractivity contribution in [2.75, 3.05) is 35.8 Å². The van der Waals surface area contributed by atoms with Gasteiger partial charge < -0.3 is 15.4 Å². The lowest BCUT2D eigenvalue weighted by atomic mass is 9.91. The van der Waals surface area contributed by atoms with Crippen LogP contribution in [-0.2, 0) is 14.3 Å². The number of nitrogens with zero attached hydrogens (tertiary/aromatic N) is 3. The lowest BCUT2D eigenvalue weighted by Crippen LogP contribution is -2.40. The van der Waals surface area contributed by atoms with Crippen molar-refractivity contribution in [1.82, 2.24) is 15.4 Å². The van der Waals surface area contributed by atoms with Gasteiger partial charge in [0.05, 0.1) is 18.4 Å². The molecule has 4 N–H and O–H groups in total. The molecule has 1 amide bonds. The summed E-state index contributed by atoms with van der Waals surface area (Å²) in [5.41, 5.74) is 14.0. The Morgan fingerprint density at radius 1 is 1.09 bits per heavy atom. The van der Waals surface area contributed by atoms with Crippen LogP contribution in [0.3, 0.4) is 0 Å². The van der Waals surface area contributed by atoms with Gasteiger partial charge in [-0.15, -0.1) is 0 Å². The Kier molecular flexibility index (Phi) is 7.77. The molecule has 9 heteroatoms. The summed E-state index contributed by atoms with van der Waals surface area (Å²) in [6, 6.07) is 19.1. The molecule has 1 fully saturated rings. The number of carbonyl (C=O) groups excluding carboxylic acids is 2. The van der Waals surface area contributed by atoms with Crippen LogP contribution < -0.4 is 21.5 Å². The van der Waals surface area contributed by atoms with Crippen LogP contribution >= 0.6 is 0 Å². The number of hydrogen-bond acceptors (Lipinski definition) is 8. The SMILES string of the molecule is CCOC(=O)C1CCCN(c2ncnc(NNC(=O)C(c3ccccc3)c3ccccc3)c2N)C1. The maximum absolute atomic E-state index is 13.3. The maximum atomic E-state index is 13.3. The van der Waals surface area contributed by atoms with Crippen LogP contribution in [-0.4, -0.2) is 41.5 Å². The minimum atomic E-state index is -0.514. The Bertz CT molecular complexity index is 1100. The fourth-order valence-electron chi connectivity index (χ4n) is 4.34. The highest BCUT2D eigenvalue weighted by atomic mass is 16.5. The van der Waals surface area contributed by atoms with Gasteiger partial charge in [0, 0.05) is 13.1 Å². The minimum absolute atomic E-state index is 0.205. The Balaban J connectivity index is 1.49. The van der Waals surface area contributed by atoms with Crippen molar-refractivity contribution < 1.29 is 14.3 Å². The van der Waals surface area contributed by atoms with E-state index in [4.69, 9.17) is 10.5 Å². The first kappa shape index (κ1) is 24.0. The van der Waals surface area contributed by atoms with E-state index in [1.165, 1.54) is 6.33 Å². The number of nitrogen functional groups attached to an aromatic ring is 1. The van der Waals surface area contributed by atoms with Crippen LogP contribution in [0.25, 0.3) is 0 Å². The number of anilines is 3. The number of rotatable bonds is 8. The molecule has 9 nitrogen and oxygen atoms in total. The fourth-order valence-corrected chi connectivity index (χ4v) is 4.34. The third kappa shape index (κ3) is 5.68. The van der Waals surface area contributed by atoms with E-state index >= 15 is 0 Å². The van der Waals surface area contributed by atoms with Crippen LogP contribution in [0.1, 0.15) is 36.8 Å². The van der Waals surface area contributed by atoms with E-state index in [0.717, 1.165) is 24.0 Å². The van der Waals surface area contributed by atoms with Crippen molar-refractivity contribution in [2.24, 2.45) is 5.92 Å². The third-order valence-electron chi connectivity index (χ3n) is 6.04. The highest BCUT2D eigenvalue weighted by Crippen LogP contribution is 2.30. The van der Waals surface area contributed by atoms with Gasteiger partial charge in [0.1, 0.15) is 12.0 Å². The number of esters is 1. The van der Waals surface area contributed by atoms with Gasteiger partial charge in [0.25, 0.3) is 0 Å². The molecule has 1 unspecified atom stereocenters. The zero-order valence-corrected chi connectivity index (χ0v) is 19.7. The molecule has 35 heavy (non-hydrogen) atoms. The molecule has 2 heterocycles. The van der Waals surface area contributed by atoms with Crippen molar-refractivity contribution in [3.63, 3.8) is 0 Å². The van der Waals surface area contributed by atoms with E-state index in [1.807, 2.05) is 65.6 Å². The Hall–Kier alpha value is -4.14. The van der Waals surface area contributed by atoms with E-state index in [0.29, 0.717) is 37.0 Å². The number of aromatic nitrogens is 2. The lowest BCUT2D eigenvalue weighted by molar-refractivity contribution is -0.148. The number of nitrogens with two attached hydrogens (primary N) is 1. The number of piperidine rings is 1. The first-order valence-corrected chi connectivity index (χ1v) is 11.8. The van der Waals surface area contributed by atoms with E-state index in [-0.39, 0.29) is 17.8 Å². The van der Waals surface area contributed by atoms with E-state index < -0.39 is 5.92 Å². The summed E-state index contributed by atoms with van der Waals surface area (Å²) < 4.78 is 5.19. The number of carbonyl (C=O) groups is 2. The van der Waals surface area contributed by atoms with Crippen molar-refractivity contribution in [2.45, 2.75) is 25.7 Å². The number of amides is 1. The predicted octanol–water partition coefficient (Wildman–Crippen LogP) is 3.11. The average molecular weight is 475 g/mol. The van der Waals surface area contributed by atoms with Gasteiger partial charge in [-0.3, -0.25) is 20.4 Å². The standard InChI is InChI=1S/C26H30N6O3/c1-2-35-26(34)20-14-9-15-32(16-20)24-22(27)23(28-17-29-24)30-31-25(33)21(18-10-5-3-6-11-18)19-12-7-4-8-13-19/h3-8,10-13,17,20-21H,2,9,14-16,27H2,1H3,(H,31,33)(H,28,29,30). The van der Waals surface area contributed by atoms with Gasteiger partial charge >= 0.3 is 5.97 Å². The van der Waals surface area contributed by atoms with Gasteiger partial charge in [0.2, 0.25) is 5.91 Å². The Labute approximate surface area is 204 Å². The third-order valence-corrected chi connectivity index (χ3v) is 6.04. The number of nitrogens with one attached hydrogen (secondary N) is 2. The van der Waals surface area contributed by atoms with Gasteiger partial charge in [-0.1, -0.05) is 60.7 Å². The molecule has 1 aromatic heterocycles. The first-order valence-electron chi connectivity index (χ1n) is 11.8. The molecular weight excluding hydrogens is 444 g/mol. The van der Waals surface area contributed by atoms with Crippen LogP contribution in [0.4, 0.5) is 17.3 Å². The normalized spacial score (nSPS) is 15.5. The van der Waals surface area contributed by atoms with Crippen molar-refractivity contribution in [3.05, 3.63) is 78.1 Å². The van der Waals surface area contributed by atoms with Crippen LogP contribution in [0, 0.1) is 5.92 Å². The summed E-state index contributed by atoms with van der Waals surface area (Å²) in [5, 5.41) is 0. The van der Waals surface area contributed by atoms with Gasteiger partial charge in [-0.2, -0.15) is 0 Å². The monoisotopic (exact) mass is 474 g/mol. The van der Waals surface area contributed by atoms with Gasteiger partial charge in [0.15, 0.2) is 11.6 Å². The minimum Gasteiger partial charge on any atom is -0.466 e. The lowest BCUT2D eigenvalue weighted by Gasteiger charge is -2.33. The van der Waals surface area contributed by atoms with Crippen molar-refractivity contribution >= 4 is 29.2 Å². The first-order chi connectivity index (χ1) is 17.1. The molecular formula is C26H30N6O3. The quantitative estimate of drug-likeness (QED) is 0.336. The highest BCUT2D eigenvalue weighted by Gasteiger charge is 2.29. The largest absolute Gasteiger partial charge is 0.466 e. The van der Waals surface area contributed by atoms with Crippen LogP contribution in [0.15, 0.2) is 67.0 Å². The molecule has 0 aliphatic carbocycles. The summed E-state index contributed by atoms with van der Waals surface area (Å²) in [5.74, 6) is -0.382. The number of hydrazine groups is 1. The summed E-state index contributed by atoms with van der Waals surface area (Å²) >= 11 is 0. The van der Waals surface area contributed by atoms with Gasteiger partial charge in [-0.05, 0) is 30.9 Å². The summed E-state index contributed by atoms with van der Waals surface area (Å²) in [6.07, 6.45) is 2.98. The molecule has 1 aliphatic rings. The molecule has 0 bridgehead atoms. The second-order valence-corrected chi connectivity index (χ2v) is 8.37. The molecule has 3 aromatic rings. The maximum Gasteiger partial charge on any atom is 0.310 e. The van der Waals surface area contributed by atoms with Crippen molar-refractivity contribution in [1.29, 1.82) is 0 Å². The Morgan fingerprint density at radius 2 is 1.74 bits per heavy atom. The summed E-state index contributed by atoms with van der Waals surface area (Å²) in [6.45, 7) is 3.34. The predicted molar refractivity (Wildman–Crippen MR) is 135 cm³/mol. The summed E-state index contributed by atoms with van der Waals surface area (Å²) in [7, 11) is 0. The van der Waals surface area contributed by atoms with Crippen LogP contribution in [0.5, 0.6) is 0 Å². The highest BCUT2D eigenvalue weighted by molar-refractivity contribution is 5.88. The number of benzene rings is 2. The van der Waals surface area contributed by atoms with E-state index in [2.05, 4.69) is 20.8 Å². The average Bonchev–Trinajstić information content (AvgIpc) is 2.90. The molecule has 2 aromatic carbocycles. The zero-order chi connectivity index (χ0) is 24.6. The molecule has 1 aliphatic heterocycles. The molecule has 4 rings (SSSR count). The number of hydrogen-bond donors (Lipinski definition) is 3. The molecule has 182 valence electrons. The van der Waals surface area contributed by atoms with Crippen LogP contribution in [0.2, 0.25) is 0 Å². The summed E-state index contributed by atoms with van der Waals surface area (Å²) in [4.78, 5) is 36.0. The smallest absolute Gasteiger partial charge is 0.310 e. The van der Waals surface area contributed by atoms with Gasteiger partial charge in [-0.25, -0.2) is 9.97 Å². The Morgan fingerprint density at radius 3 is 2.37 bits per heavy atom. The second-order valence-electron chi connectivity index (χ2n) is 8.37. The molecule has 1 saturated heterocycles. The fraction of sp³-hybridized carbons (Fsp3) is 0.308. The molecule has 0 saturated carbocycles. The second kappa shape index (κ2) is 11.3. The van der Waals surface area contributed by atoms with E-state index in [1.54, 1.807) is 6.92 Å². The number of ether oxygens (including phenoxy) is 1. The molecule has 0 radical (unpaired) electrons. The molecule has 0 spiro atoms. The topological polar surface area (TPSA) is 122 Å². The van der Waals surface area contributed by atoms with Crippen molar-refractivity contribution in [3.8, 4) is 0 Å². The zero-order valence-electron chi connectivity index (χ0n) is 19.7. The molecule has 1 atom stereocenters. The van der Waals surface area contributed by atoms with E-state index in [9.17, 15) is 9.59 Å².